The van der Waals surface area contributed by atoms with Gasteiger partial charge in [0.25, 0.3) is 0 Å². The highest BCUT2D eigenvalue weighted by Crippen LogP contribution is 2.37. The second-order valence-electron chi connectivity index (χ2n) is 4.18. The first kappa shape index (κ1) is 14.2. The van der Waals surface area contributed by atoms with Gasteiger partial charge in [0.05, 0.1) is 24.8 Å². The third kappa shape index (κ3) is 2.55. The number of hydrogen-bond donors (Lipinski definition) is 2. The summed E-state index contributed by atoms with van der Waals surface area (Å²) in [5, 5.41) is 6.49. The predicted octanol–water partition coefficient (Wildman–Crippen LogP) is 1.08. The summed E-state index contributed by atoms with van der Waals surface area (Å²) in [7, 11) is -0.537. The van der Waals surface area contributed by atoms with Crippen molar-refractivity contribution in [2.24, 2.45) is 0 Å². The number of ether oxygens (including phenoxy) is 2. The zero-order valence-electron chi connectivity index (χ0n) is 11.3. The number of nitrogens with zero attached hydrogens (tertiary/aromatic N) is 1. The molecule has 0 atom stereocenters. The summed E-state index contributed by atoms with van der Waals surface area (Å²) in [4.78, 5) is 0.110. The van der Waals surface area contributed by atoms with Gasteiger partial charge in [-0.3, -0.25) is 5.10 Å². The minimum absolute atomic E-state index is 0.110. The number of rotatable bonds is 4. The van der Waals surface area contributed by atoms with Crippen molar-refractivity contribution < 1.29 is 17.9 Å². The van der Waals surface area contributed by atoms with Crippen molar-refractivity contribution in [2.75, 3.05) is 26.2 Å². The van der Waals surface area contributed by atoms with Crippen molar-refractivity contribution in [3.05, 3.63) is 18.2 Å². The lowest BCUT2D eigenvalue weighted by molar-refractivity contribution is 0.354. The Bertz CT molecular complexity index is 737. The van der Waals surface area contributed by atoms with Crippen molar-refractivity contribution >= 4 is 15.7 Å². The number of sulfone groups is 1. The topological polar surface area (TPSA) is 107 Å². The van der Waals surface area contributed by atoms with Gasteiger partial charge in [0.15, 0.2) is 21.3 Å². The first-order chi connectivity index (χ1) is 9.36. The smallest absolute Gasteiger partial charge is 0.176 e. The summed E-state index contributed by atoms with van der Waals surface area (Å²) in [6.45, 7) is 0. The molecule has 1 heterocycles. The zero-order valence-corrected chi connectivity index (χ0v) is 12.1. The van der Waals surface area contributed by atoms with Crippen molar-refractivity contribution in [3.8, 4) is 22.8 Å². The van der Waals surface area contributed by atoms with Crippen LogP contribution < -0.4 is 15.2 Å². The highest BCUT2D eigenvalue weighted by atomic mass is 32.2. The maximum Gasteiger partial charge on any atom is 0.176 e. The van der Waals surface area contributed by atoms with E-state index in [4.69, 9.17) is 15.2 Å². The fraction of sp³-hybridized carbons (Fsp3) is 0.250. The number of nitrogens with one attached hydrogen (secondary N) is 1. The monoisotopic (exact) mass is 297 g/mol. The van der Waals surface area contributed by atoms with Crippen LogP contribution in [0.2, 0.25) is 0 Å². The molecule has 0 unspecified atom stereocenters. The van der Waals surface area contributed by atoms with Crippen molar-refractivity contribution in [2.45, 2.75) is 4.90 Å². The molecular weight excluding hydrogens is 282 g/mol. The molecule has 20 heavy (non-hydrogen) atoms. The first-order valence-corrected chi connectivity index (χ1v) is 7.53. The lowest BCUT2D eigenvalue weighted by atomic mass is 10.1. The van der Waals surface area contributed by atoms with Crippen LogP contribution in [0, 0.1) is 0 Å². The highest BCUT2D eigenvalue weighted by Gasteiger charge is 2.20. The van der Waals surface area contributed by atoms with E-state index in [1.54, 1.807) is 12.1 Å². The van der Waals surface area contributed by atoms with E-state index in [1.165, 1.54) is 20.3 Å². The molecule has 108 valence electrons. The lowest BCUT2D eigenvalue weighted by Gasteiger charge is -2.13. The summed E-state index contributed by atoms with van der Waals surface area (Å²) in [6, 6.07) is 4.54. The van der Waals surface area contributed by atoms with Crippen LogP contribution in [0.1, 0.15) is 0 Å². The van der Waals surface area contributed by atoms with E-state index in [-0.39, 0.29) is 10.7 Å². The zero-order chi connectivity index (χ0) is 14.9. The van der Waals surface area contributed by atoms with Crippen LogP contribution in [-0.4, -0.2) is 39.1 Å². The minimum atomic E-state index is -3.45. The van der Waals surface area contributed by atoms with E-state index in [1.807, 2.05) is 0 Å². The molecule has 2 rings (SSSR count). The molecule has 0 saturated heterocycles. The van der Waals surface area contributed by atoms with Gasteiger partial charge >= 0.3 is 0 Å². The molecule has 0 aliphatic heterocycles. The molecule has 8 heteroatoms. The van der Waals surface area contributed by atoms with Gasteiger partial charge in [0.2, 0.25) is 0 Å². The molecule has 0 aliphatic rings. The third-order valence-corrected chi connectivity index (χ3v) is 3.91. The number of benzene rings is 1. The number of aromatic nitrogens is 2. The van der Waals surface area contributed by atoms with E-state index in [0.717, 1.165) is 6.26 Å². The van der Waals surface area contributed by atoms with E-state index < -0.39 is 9.84 Å². The fourth-order valence-electron chi connectivity index (χ4n) is 1.85. The number of aromatic amines is 1. The number of nitrogens with two attached hydrogens (primary N) is 1. The van der Waals surface area contributed by atoms with Crippen LogP contribution >= 0.6 is 0 Å². The average molecular weight is 297 g/mol. The van der Waals surface area contributed by atoms with E-state index >= 15 is 0 Å². The quantitative estimate of drug-likeness (QED) is 0.874. The van der Waals surface area contributed by atoms with E-state index in [0.29, 0.717) is 22.8 Å². The molecule has 1 aromatic heterocycles. The standard InChI is InChI=1S/C12H15N3O4S/c1-18-9-4-7(8-5-12(13)15-14-8)11(20(3,16)17)6-10(9)19-2/h4-6H,1-3H3,(H3,13,14,15). The van der Waals surface area contributed by atoms with Gasteiger partial charge in [-0.2, -0.15) is 5.10 Å². The van der Waals surface area contributed by atoms with Gasteiger partial charge < -0.3 is 15.2 Å². The molecule has 0 spiro atoms. The van der Waals surface area contributed by atoms with Crippen LogP contribution in [0.15, 0.2) is 23.1 Å². The second kappa shape index (κ2) is 5.04. The largest absolute Gasteiger partial charge is 0.493 e. The van der Waals surface area contributed by atoms with Crippen LogP contribution in [0.4, 0.5) is 5.82 Å². The summed E-state index contributed by atoms with van der Waals surface area (Å²) < 4.78 is 34.2. The number of nitrogen functional groups attached to an aromatic ring is 1. The fourth-order valence-corrected chi connectivity index (χ4v) is 2.74. The Morgan fingerprint density at radius 1 is 1.15 bits per heavy atom. The van der Waals surface area contributed by atoms with Gasteiger partial charge in [-0.25, -0.2) is 8.42 Å². The van der Waals surface area contributed by atoms with Gasteiger partial charge in [-0.1, -0.05) is 0 Å². The Hall–Kier alpha value is -2.22. The molecule has 0 aliphatic carbocycles. The van der Waals surface area contributed by atoms with E-state index in [2.05, 4.69) is 10.2 Å². The summed E-state index contributed by atoms with van der Waals surface area (Å²) in [5.41, 5.74) is 6.47. The number of H-pyrrole nitrogens is 1. The van der Waals surface area contributed by atoms with Gasteiger partial charge in [0.1, 0.15) is 5.82 Å². The molecule has 3 N–H and O–H groups in total. The number of anilines is 1. The van der Waals surface area contributed by atoms with Crippen molar-refractivity contribution in [3.63, 3.8) is 0 Å². The average Bonchev–Trinajstić information content (AvgIpc) is 2.82. The molecule has 2 aromatic rings. The van der Waals surface area contributed by atoms with Gasteiger partial charge in [-0.15, -0.1) is 0 Å². The van der Waals surface area contributed by atoms with Gasteiger partial charge in [-0.05, 0) is 6.07 Å². The van der Waals surface area contributed by atoms with Crippen molar-refractivity contribution in [1.29, 1.82) is 0 Å². The number of methoxy groups -OCH3 is 2. The molecule has 0 amide bonds. The minimum Gasteiger partial charge on any atom is -0.493 e. The Kier molecular flexibility index (Phi) is 3.58. The summed E-state index contributed by atoms with van der Waals surface area (Å²) >= 11 is 0. The molecule has 0 saturated carbocycles. The normalized spacial score (nSPS) is 11.3. The molecular formula is C12H15N3O4S. The number of hydrogen-bond acceptors (Lipinski definition) is 6. The molecule has 0 bridgehead atoms. The Balaban J connectivity index is 2.77. The summed E-state index contributed by atoms with van der Waals surface area (Å²) in [6.07, 6.45) is 1.12. The Morgan fingerprint density at radius 2 is 1.75 bits per heavy atom. The maximum absolute atomic E-state index is 11.9. The predicted molar refractivity (Wildman–Crippen MR) is 74.6 cm³/mol. The van der Waals surface area contributed by atoms with Crippen LogP contribution in [-0.2, 0) is 9.84 Å². The van der Waals surface area contributed by atoms with E-state index in [9.17, 15) is 8.42 Å². The van der Waals surface area contributed by atoms with Crippen LogP contribution in [0.25, 0.3) is 11.3 Å². The van der Waals surface area contributed by atoms with Gasteiger partial charge in [0, 0.05) is 24.0 Å². The van der Waals surface area contributed by atoms with Crippen LogP contribution in [0.5, 0.6) is 11.5 Å². The first-order valence-electron chi connectivity index (χ1n) is 5.64. The molecule has 7 nitrogen and oxygen atoms in total. The SMILES string of the molecule is COc1cc(-c2cc(N)n[nH]2)c(S(C)(=O)=O)cc1OC. The lowest BCUT2D eigenvalue weighted by Crippen LogP contribution is -2.02. The van der Waals surface area contributed by atoms with Crippen molar-refractivity contribution in [1.82, 2.24) is 10.2 Å². The molecule has 0 fully saturated rings. The van der Waals surface area contributed by atoms with Crippen LogP contribution in [0.3, 0.4) is 0 Å². The Morgan fingerprint density at radius 3 is 2.20 bits per heavy atom. The molecule has 0 radical (unpaired) electrons. The third-order valence-electron chi connectivity index (χ3n) is 2.77. The highest BCUT2D eigenvalue weighted by molar-refractivity contribution is 7.90. The Labute approximate surface area is 116 Å². The second-order valence-corrected chi connectivity index (χ2v) is 6.17. The maximum atomic E-state index is 11.9. The molecule has 1 aromatic carbocycles. The summed E-state index contributed by atoms with van der Waals surface area (Å²) in [5.74, 6) is 1.03.